The minimum atomic E-state index is -6.19. The fraction of sp³-hybridized carbons (Fsp3) is 0.250. The molecule has 1 heterocycles. The fourth-order valence-corrected chi connectivity index (χ4v) is 2.95. The summed E-state index contributed by atoms with van der Waals surface area (Å²) in [6.45, 7) is 0. The summed E-state index contributed by atoms with van der Waals surface area (Å²) in [5.41, 5.74) is -3.05. The van der Waals surface area contributed by atoms with Crippen LogP contribution in [0.15, 0.2) is 39.9 Å². The van der Waals surface area contributed by atoms with Crippen molar-refractivity contribution >= 4 is 29.4 Å². The molecule has 1 aliphatic rings. The van der Waals surface area contributed by atoms with E-state index in [1.165, 1.54) is 0 Å². The summed E-state index contributed by atoms with van der Waals surface area (Å²) >= 11 is -1.33. The predicted molar refractivity (Wildman–Crippen MR) is 71.7 cm³/mol. The van der Waals surface area contributed by atoms with Crippen molar-refractivity contribution in [1.29, 1.82) is 0 Å². The van der Waals surface area contributed by atoms with Gasteiger partial charge in [-0.3, -0.25) is 9.79 Å². The van der Waals surface area contributed by atoms with Gasteiger partial charge in [-0.1, -0.05) is 11.8 Å². The lowest BCUT2D eigenvalue weighted by atomic mass is 9.88. The van der Waals surface area contributed by atoms with Gasteiger partial charge >= 0.3 is 35.9 Å². The average Bonchev–Trinajstić information content (AvgIpc) is 2.58. The van der Waals surface area contributed by atoms with Crippen LogP contribution in [0.3, 0.4) is 0 Å². The topological polar surface area (TPSA) is 87.0 Å². The maximum absolute atomic E-state index is 14.3. The van der Waals surface area contributed by atoms with Gasteiger partial charge in [0.15, 0.2) is 0 Å². The molecule has 1 atom stereocenters. The zero-order valence-corrected chi connectivity index (χ0v) is 13.2. The number of carboxylic acid groups (broad SMARTS) is 2. The first-order chi connectivity index (χ1) is 12.5. The SMILES string of the molecule is O=C(O)C1=CN=C(C(F)(F)C(F)=C(F)F)C(C(=O)O)(C(F)(F)C(F)=C(F)F)S1. The van der Waals surface area contributed by atoms with Gasteiger partial charge in [0.2, 0.25) is 16.4 Å². The van der Waals surface area contributed by atoms with Crippen molar-refractivity contribution in [1.82, 2.24) is 0 Å². The van der Waals surface area contributed by atoms with Gasteiger partial charge in [-0.2, -0.15) is 43.9 Å². The van der Waals surface area contributed by atoms with Gasteiger partial charge in [0, 0.05) is 6.20 Å². The highest BCUT2D eigenvalue weighted by atomic mass is 32.2. The zero-order chi connectivity index (χ0) is 22.2. The molecular formula is C12H3F10NO4S. The molecule has 0 aliphatic carbocycles. The standard InChI is InChI=1S/C12H3F10NO4S/c13-3(5(15)16)11(19,20)8-10(9(26)27,12(21,22)4(14)6(17)18)28-2(1-23-8)7(24)25/h1H,(H,24,25)(H,26,27). The van der Waals surface area contributed by atoms with Gasteiger partial charge in [0.25, 0.3) is 0 Å². The van der Waals surface area contributed by atoms with E-state index in [4.69, 9.17) is 10.2 Å². The van der Waals surface area contributed by atoms with Crippen LogP contribution in [0, 0.1) is 0 Å². The minimum absolute atomic E-state index is 0.246. The van der Waals surface area contributed by atoms with Crippen LogP contribution in [0.2, 0.25) is 0 Å². The van der Waals surface area contributed by atoms with E-state index in [1.807, 2.05) is 0 Å². The number of thioether (sulfide) groups is 1. The van der Waals surface area contributed by atoms with E-state index in [1.54, 1.807) is 0 Å². The van der Waals surface area contributed by atoms with Crippen molar-refractivity contribution in [3.05, 3.63) is 34.9 Å². The molecule has 0 aromatic heterocycles. The molecule has 1 unspecified atom stereocenters. The predicted octanol–water partition coefficient (Wildman–Crippen LogP) is 4.35. The van der Waals surface area contributed by atoms with Crippen molar-refractivity contribution in [2.75, 3.05) is 0 Å². The second kappa shape index (κ2) is 7.48. The number of rotatable bonds is 6. The fourth-order valence-electron chi connectivity index (χ4n) is 1.84. The highest BCUT2D eigenvalue weighted by molar-refractivity contribution is 8.06. The third kappa shape index (κ3) is 3.47. The van der Waals surface area contributed by atoms with Crippen LogP contribution in [0.1, 0.15) is 0 Å². The maximum atomic E-state index is 14.3. The molecule has 0 aromatic rings. The monoisotopic (exact) mass is 447 g/mol. The van der Waals surface area contributed by atoms with E-state index in [0.717, 1.165) is 0 Å². The molecule has 5 nitrogen and oxygen atoms in total. The summed E-state index contributed by atoms with van der Waals surface area (Å²) in [5.74, 6) is -25.4. The van der Waals surface area contributed by atoms with E-state index in [9.17, 15) is 53.5 Å². The highest BCUT2D eigenvalue weighted by Crippen LogP contribution is 2.55. The second-order valence-electron chi connectivity index (χ2n) is 4.66. The number of aliphatic imine (C=N–C) groups is 1. The second-order valence-corrected chi connectivity index (χ2v) is 5.92. The van der Waals surface area contributed by atoms with Crippen LogP contribution in [-0.2, 0) is 9.59 Å². The largest absolute Gasteiger partial charge is 0.480 e. The van der Waals surface area contributed by atoms with Gasteiger partial charge in [-0.05, 0) is 0 Å². The summed E-state index contributed by atoms with van der Waals surface area (Å²) in [7, 11) is 0. The summed E-state index contributed by atoms with van der Waals surface area (Å²) in [4.78, 5) is 22.9. The molecule has 0 fully saturated rings. The van der Waals surface area contributed by atoms with E-state index < -0.39 is 74.7 Å². The Morgan fingerprint density at radius 2 is 1.39 bits per heavy atom. The number of aliphatic carboxylic acids is 2. The first-order valence-corrected chi connectivity index (χ1v) is 6.99. The maximum Gasteiger partial charge on any atom is 0.344 e. The number of nitrogens with zero attached hydrogens (tertiary/aromatic N) is 1. The number of carboxylic acids is 2. The van der Waals surface area contributed by atoms with Gasteiger partial charge in [-0.25, -0.2) is 4.79 Å². The first-order valence-electron chi connectivity index (χ1n) is 6.17. The number of hydrogen-bond donors (Lipinski definition) is 2. The number of allylic oxidation sites excluding steroid dienone is 2. The van der Waals surface area contributed by atoms with Crippen molar-refractivity contribution in [3.63, 3.8) is 0 Å². The Bertz CT molecular complexity index is 841. The third-order valence-electron chi connectivity index (χ3n) is 3.04. The molecule has 1 rings (SSSR count). The Kier molecular flexibility index (Phi) is 6.28. The number of hydrogen-bond acceptors (Lipinski definition) is 4. The molecule has 0 amide bonds. The Hall–Kier alpha value is -2.52. The number of carbonyl (C=O) groups is 2. The van der Waals surface area contributed by atoms with Gasteiger partial charge < -0.3 is 10.2 Å². The van der Waals surface area contributed by atoms with Crippen LogP contribution in [0.4, 0.5) is 43.9 Å². The first kappa shape index (κ1) is 23.5. The molecule has 0 aromatic carbocycles. The van der Waals surface area contributed by atoms with Crippen molar-refractivity contribution in [3.8, 4) is 0 Å². The molecular weight excluding hydrogens is 444 g/mol. The van der Waals surface area contributed by atoms with E-state index in [0.29, 0.717) is 0 Å². The Balaban J connectivity index is 4.06. The van der Waals surface area contributed by atoms with Gasteiger partial charge in [-0.15, -0.1) is 0 Å². The molecule has 16 heteroatoms. The Morgan fingerprint density at radius 1 is 0.929 bits per heavy atom. The molecule has 2 N–H and O–H groups in total. The minimum Gasteiger partial charge on any atom is -0.480 e. The summed E-state index contributed by atoms with van der Waals surface area (Å²) in [6.07, 6.45) is -7.96. The highest BCUT2D eigenvalue weighted by Gasteiger charge is 2.74. The average molecular weight is 447 g/mol. The molecule has 1 aliphatic heterocycles. The Labute approximate surface area is 150 Å². The molecule has 0 saturated heterocycles. The van der Waals surface area contributed by atoms with Crippen LogP contribution in [-0.4, -0.2) is 44.5 Å². The molecule has 0 saturated carbocycles. The summed E-state index contributed by atoms with van der Waals surface area (Å²) in [6, 6.07) is 0. The van der Waals surface area contributed by atoms with Crippen molar-refractivity contribution < 1.29 is 63.7 Å². The quantitative estimate of drug-likeness (QED) is 0.592. The molecule has 0 spiro atoms. The lowest BCUT2D eigenvalue weighted by Crippen LogP contribution is -2.63. The number of halogens is 10. The third-order valence-corrected chi connectivity index (χ3v) is 4.47. The molecule has 0 bridgehead atoms. The van der Waals surface area contributed by atoms with Crippen molar-refractivity contribution in [2.24, 2.45) is 4.99 Å². The lowest BCUT2D eigenvalue weighted by Gasteiger charge is -2.39. The Morgan fingerprint density at radius 3 is 1.75 bits per heavy atom. The normalized spacial score (nSPS) is 20.1. The van der Waals surface area contributed by atoms with Crippen LogP contribution >= 0.6 is 11.8 Å². The van der Waals surface area contributed by atoms with E-state index in [2.05, 4.69) is 4.99 Å². The van der Waals surface area contributed by atoms with Crippen molar-refractivity contribution in [2.45, 2.75) is 16.6 Å². The van der Waals surface area contributed by atoms with Crippen LogP contribution in [0.5, 0.6) is 0 Å². The van der Waals surface area contributed by atoms with E-state index in [-0.39, 0.29) is 6.20 Å². The zero-order valence-electron chi connectivity index (χ0n) is 12.4. The summed E-state index contributed by atoms with van der Waals surface area (Å²) < 4.78 is 127. The summed E-state index contributed by atoms with van der Waals surface area (Å²) in [5, 5.41) is 17.7. The molecule has 156 valence electrons. The van der Waals surface area contributed by atoms with Crippen LogP contribution < -0.4 is 0 Å². The van der Waals surface area contributed by atoms with Gasteiger partial charge in [0.05, 0.1) is 0 Å². The molecule has 28 heavy (non-hydrogen) atoms. The van der Waals surface area contributed by atoms with Crippen LogP contribution in [0.25, 0.3) is 0 Å². The molecule has 0 radical (unpaired) electrons. The lowest BCUT2D eigenvalue weighted by molar-refractivity contribution is -0.146. The smallest absolute Gasteiger partial charge is 0.344 e. The van der Waals surface area contributed by atoms with E-state index >= 15 is 0 Å². The van der Waals surface area contributed by atoms with Gasteiger partial charge in [0.1, 0.15) is 10.6 Å². The number of alkyl halides is 4.